The molecule has 2 heterocycles. The number of carbonyl (C=O) groups excluding carboxylic acids is 2. The first-order chi connectivity index (χ1) is 13.1. The molecule has 0 unspecified atom stereocenters. The van der Waals surface area contributed by atoms with Gasteiger partial charge in [-0.05, 0) is 70.1 Å². The molecule has 2 N–H and O–H groups in total. The molecule has 1 aliphatic heterocycles. The Morgan fingerprint density at radius 1 is 1.18 bits per heavy atom. The van der Waals surface area contributed by atoms with Crippen molar-refractivity contribution in [1.29, 1.82) is 0 Å². The summed E-state index contributed by atoms with van der Waals surface area (Å²) in [5.74, 6) is -0.0697. The van der Waals surface area contributed by atoms with Gasteiger partial charge in [-0.25, -0.2) is 0 Å². The smallest absolute Gasteiger partial charge is 0.253 e. The Morgan fingerprint density at radius 3 is 2.36 bits per heavy atom. The lowest BCUT2D eigenvalue weighted by atomic mass is 9.87. The quantitative estimate of drug-likeness (QED) is 0.773. The van der Waals surface area contributed by atoms with Gasteiger partial charge in [0.1, 0.15) is 5.54 Å². The maximum atomic E-state index is 13.1. The average Bonchev–Trinajstić information content (AvgIpc) is 3.25. The number of rotatable bonds is 6. The minimum Gasteiger partial charge on any atom is -0.339 e. The zero-order chi connectivity index (χ0) is 19.3. The van der Waals surface area contributed by atoms with Crippen LogP contribution in [-0.2, 0) is 10.3 Å². The highest BCUT2D eigenvalue weighted by molar-refractivity contribution is 5.98. The predicted molar refractivity (Wildman–Crippen MR) is 112 cm³/mol. The topological polar surface area (TPSA) is 79.3 Å². The maximum Gasteiger partial charge on any atom is 0.253 e. The number of halogens is 1. The predicted octanol–water partition coefficient (Wildman–Crippen LogP) is 2.50. The monoisotopic (exact) mass is 405 g/mol. The number of nitrogens with zero attached hydrogens (tertiary/aromatic N) is 3. The van der Waals surface area contributed by atoms with E-state index in [9.17, 15) is 9.59 Å². The van der Waals surface area contributed by atoms with Crippen LogP contribution < -0.4 is 10.6 Å². The van der Waals surface area contributed by atoms with Crippen LogP contribution in [0.3, 0.4) is 0 Å². The van der Waals surface area contributed by atoms with Crippen molar-refractivity contribution < 1.29 is 9.59 Å². The van der Waals surface area contributed by atoms with E-state index in [1.165, 1.54) is 0 Å². The number of piperidine rings is 1. The molecule has 1 aliphatic rings. The molecule has 1 aromatic heterocycles. The fraction of sp³-hybridized carbons (Fsp3) is 0.450. The highest BCUT2D eigenvalue weighted by atomic mass is 35.5. The van der Waals surface area contributed by atoms with E-state index >= 15 is 0 Å². The zero-order valence-electron chi connectivity index (χ0n) is 16.4. The molecule has 3 rings (SSSR count). The molecule has 0 spiro atoms. The van der Waals surface area contributed by atoms with Gasteiger partial charge in [-0.2, -0.15) is 5.10 Å². The van der Waals surface area contributed by atoms with E-state index in [0.717, 1.165) is 13.1 Å². The summed E-state index contributed by atoms with van der Waals surface area (Å²) in [5, 5.41) is 10.6. The van der Waals surface area contributed by atoms with Crippen LogP contribution in [0.4, 0.5) is 5.69 Å². The standard InChI is InChI=1S/C20H27N5O2.ClH/c1-3-24(4-2)18(26)16-6-8-17(9-7-16)23-19(27)20(10-13-21-14-11-20)25-15-5-12-22-25;/h5-9,12,15,21H,3-4,10-11,13-14H2,1-2H3,(H,23,27);1H. The number of carbonyl (C=O) groups is 2. The summed E-state index contributed by atoms with van der Waals surface area (Å²) >= 11 is 0. The molecule has 1 aromatic carbocycles. The minimum absolute atomic E-state index is 0. The Kier molecular flexibility index (Phi) is 7.60. The van der Waals surface area contributed by atoms with E-state index in [0.29, 0.717) is 37.2 Å². The second-order valence-corrected chi connectivity index (χ2v) is 6.74. The van der Waals surface area contributed by atoms with Crippen LogP contribution in [0.5, 0.6) is 0 Å². The summed E-state index contributed by atoms with van der Waals surface area (Å²) < 4.78 is 1.77. The molecule has 0 bridgehead atoms. The van der Waals surface area contributed by atoms with Gasteiger partial charge in [0.05, 0.1) is 0 Å². The highest BCUT2D eigenvalue weighted by Crippen LogP contribution is 2.28. The second-order valence-electron chi connectivity index (χ2n) is 6.74. The molecule has 1 fully saturated rings. The fourth-order valence-corrected chi connectivity index (χ4v) is 3.56. The molecular weight excluding hydrogens is 378 g/mol. The van der Waals surface area contributed by atoms with E-state index in [1.54, 1.807) is 40.0 Å². The van der Waals surface area contributed by atoms with Gasteiger partial charge in [-0.15, -0.1) is 12.4 Å². The van der Waals surface area contributed by atoms with E-state index in [-0.39, 0.29) is 24.2 Å². The van der Waals surface area contributed by atoms with Gasteiger partial charge in [0.15, 0.2) is 0 Å². The number of hydrogen-bond acceptors (Lipinski definition) is 4. The number of anilines is 1. The lowest BCUT2D eigenvalue weighted by Gasteiger charge is -2.36. The molecule has 0 aliphatic carbocycles. The van der Waals surface area contributed by atoms with Crippen molar-refractivity contribution >= 4 is 29.9 Å². The van der Waals surface area contributed by atoms with Crippen molar-refractivity contribution in [3.63, 3.8) is 0 Å². The number of hydrogen-bond donors (Lipinski definition) is 2. The van der Waals surface area contributed by atoms with Crippen LogP contribution in [0.15, 0.2) is 42.7 Å². The molecule has 0 atom stereocenters. The Morgan fingerprint density at radius 2 is 1.82 bits per heavy atom. The maximum absolute atomic E-state index is 13.1. The van der Waals surface area contributed by atoms with Crippen LogP contribution in [0, 0.1) is 0 Å². The molecule has 1 saturated heterocycles. The lowest BCUT2D eigenvalue weighted by Crippen LogP contribution is -2.52. The third-order valence-corrected chi connectivity index (χ3v) is 5.24. The second kappa shape index (κ2) is 9.71. The van der Waals surface area contributed by atoms with Crippen LogP contribution >= 0.6 is 12.4 Å². The number of benzene rings is 1. The van der Waals surface area contributed by atoms with Crippen LogP contribution in [0.1, 0.15) is 37.0 Å². The molecule has 7 nitrogen and oxygen atoms in total. The Labute approximate surface area is 171 Å². The Bertz CT molecular complexity index is 766. The third-order valence-electron chi connectivity index (χ3n) is 5.24. The summed E-state index contributed by atoms with van der Waals surface area (Å²) in [6.07, 6.45) is 4.90. The number of aromatic nitrogens is 2. The van der Waals surface area contributed by atoms with E-state index in [4.69, 9.17) is 0 Å². The third kappa shape index (κ3) is 4.36. The van der Waals surface area contributed by atoms with E-state index < -0.39 is 5.54 Å². The average molecular weight is 406 g/mol. The molecule has 0 radical (unpaired) electrons. The van der Waals surface area contributed by atoms with Gasteiger partial charge in [0, 0.05) is 36.7 Å². The Balaban J connectivity index is 0.00000280. The minimum atomic E-state index is -0.690. The normalized spacial score (nSPS) is 15.4. The first-order valence-electron chi connectivity index (χ1n) is 9.52. The number of amides is 2. The zero-order valence-corrected chi connectivity index (χ0v) is 17.2. The molecule has 28 heavy (non-hydrogen) atoms. The van der Waals surface area contributed by atoms with Crippen molar-refractivity contribution in [3.05, 3.63) is 48.3 Å². The van der Waals surface area contributed by atoms with Crippen LogP contribution in [0.25, 0.3) is 0 Å². The summed E-state index contributed by atoms with van der Waals surface area (Å²) in [6, 6.07) is 8.93. The molecular formula is C20H28ClN5O2. The van der Waals surface area contributed by atoms with Gasteiger partial charge in [-0.3, -0.25) is 14.3 Å². The fourth-order valence-electron chi connectivity index (χ4n) is 3.56. The van der Waals surface area contributed by atoms with Crippen molar-refractivity contribution in [2.24, 2.45) is 0 Å². The van der Waals surface area contributed by atoms with Gasteiger partial charge >= 0.3 is 0 Å². The van der Waals surface area contributed by atoms with Gasteiger partial charge in [0.25, 0.3) is 11.8 Å². The first kappa shape index (κ1) is 21.9. The van der Waals surface area contributed by atoms with Crippen LogP contribution in [0.2, 0.25) is 0 Å². The summed E-state index contributed by atoms with van der Waals surface area (Å²) in [4.78, 5) is 27.3. The molecule has 0 saturated carbocycles. The SMILES string of the molecule is CCN(CC)C(=O)c1ccc(NC(=O)C2(n3cccn3)CCNCC2)cc1.Cl. The first-order valence-corrected chi connectivity index (χ1v) is 9.52. The van der Waals surface area contributed by atoms with E-state index in [2.05, 4.69) is 15.7 Å². The number of nitrogens with one attached hydrogen (secondary N) is 2. The van der Waals surface area contributed by atoms with E-state index in [1.807, 2.05) is 26.1 Å². The molecule has 2 amide bonds. The Hall–Kier alpha value is -2.38. The molecule has 152 valence electrons. The van der Waals surface area contributed by atoms with Crippen molar-refractivity contribution in [2.45, 2.75) is 32.2 Å². The van der Waals surface area contributed by atoms with Crippen molar-refractivity contribution in [1.82, 2.24) is 20.0 Å². The van der Waals surface area contributed by atoms with Gasteiger partial charge in [-0.1, -0.05) is 0 Å². The molecule has 2 aromatic rings. The largest absolute Gasteiger partial charge is 0.339 e. The summed E-state index contributed by atoms with van der Waals surface area (Å²) in [5.41, 5.74) is 0.617. The van der Waals surface area contributed by atoms with Crippen molar-refractivity contribution in [2.75, 3.05) is 31.5 Å². The van der Waals surface area contributed by atoms with Crippen molar-refractivity contribution in [3.8, 4) is 0 Å². The highest BCUT2D eigenvalue weighted by Gasteiger charge is 2.42. The summed E-state index contributed by atoms with van der Waals surface area (Å²) in [7, 11) is 0. The summed E-state index contributed by atoms with van der Waals surface area (Å²) in [6.45, 7) is 6.81. The van der Waals surface area contributed by atoms with Gasteiger partial charge in [0.2, 0.25) is 0 Å². The van der Waals surface area contributed by atoms with Crippen LogP contribution in [-0.4, -0.2) is 52.7 Å². The van der Waals surface area contributed by atoms with Gasteiger partial charge < -0.3 is 15.5 Å². The molecule has 8 heteroatoms. The lowest BCUT2D eigenvalue weighted by molar-refractivity contribution is -0.126.